The van der Waals surface area contributed by atoms with Gasteiger partial charge in [0.15, 0.2) is 0 Å². The van der Waals surface area contributed by atoms with Gasteiger partial charge in [-0.3, -0.25) is 0 Å². The number of fused-ring (bicyclic) bond motifs is 1. The third kappa shape index (κ3) is 2.03. The third-order valence-electron chi connectivity index (χ3n) is 3.33. The summed E-state index contributed by atoms with van der Waals surface area (Å²) in [6, 6.07) is 12.4. The lowest BCUT2D eigenvalue weighted by molar-refractivity contribution is 0.625. The number of para-hydroxylation sites is 2. The predicted molar refractivity (Wildman–Crippen MR) is 79.8 cm³/mol. The number of aryl methyl sites for hydroxylation is 1. The van der Waals surface area contributed by atoms with Crippen LogP contribution in [0, 0.1) is 5.82 Å². The van der Waals surface area contributed by atoms with E-state index in [1.54, 1.807) is 12.1 Å². The van der Waals surface area contributed by atoms with Gasteiger partial charge >= 0.3 is 0 Å². The third-order valence-corrected chi connectivity index (χ3v) is 3.33. The van der Waals surface area contributed by atoms with Gasteiger partial charge in [0.25, 0.3) is 0 Å². The summed E-state index contributed by atoms with van der Waals surface area (Å²) < 4.78 is 16.1. The molecule has 0 amide bonds. The molecule has 2 N–H and O–H groups in total. The number of aromatic nitrogens is 2. The van der Waals surface area contributed by atoms with Gasteiger partial charge in [0.05, 0.1) is 16.6 Å². The highest BCUT2D eigenvalue weighted by molar-refractivity contribution is 5.81. The SMILES string of the molecule is CCCn1c(-c2cc(N)ccc2F)nc2ccccc21. The molecule has 0 spiro atoms. The molecule has 2 aromatic carbocycles. The quantitative estimate of drug-likeness (QED) is 0.734. The summed E-state index contributed by atoms with van der Waals surface area (Å²) >= 11 is 0. The average Bonchev–Trinajstić information content (AvgIpc) is 2.81. The predicted octanol–water partition coefficient (Wildman–Crippen LogP) is 3.83. The summed E-state index contributed by atoms with van der Waals surface area (Å²) in [4.78, 5) is 4.57. The van der Waals surface area contributed by atoms with E-state index in [4.69, 9.17) is 5.73 Å². The zero-order valence-electron chi connectivity index (χ0n) is 11.3. The van der Waals surface area contributed by atoms with Gasteiger partial charge in [-0.2, -0.15) is 0 Å². The highest BCUT2D eigenvalue weighted by Crippen LogP contribution is 2.28. The lowest BCUT2D eigenvalue weighted by atomic mass is 10.1. The van der Waals surface area contributed by atoms with E-state index in [0.717, 1.165) is 24.0 Å². The minimum Gasteiger partial charge on any atom is -0.399 e. The van der Waals surface area contributed by atoms with Crippen molar-refractivity contribution < 1.29 is 4.39 Å². The minimum absolute atomic E-state index is 0.299. The number of anilines is 1. The summed E-state index contributed by atoms with van der Waals surface area (Å²) in [5.41, 5.74) is 8.66. The number of nitrogen functional groups attached to an aromatic ring is 1. The number of nitrogens with two attached hydrogens (primary N) is 1. The van der Waals surface area contributed by atoms with Gasteiger partial charge in [0.1, 0.15) is 11.6 Å². The monoisotopic (exact) mass is 269 g/mol. The van der Waals surface area contributed by atoms with Crippen molar-refractivity contribution in [2.24, 2.45) is 0 Å². The Bertz CT molecular complexity index is 762. The number of hydrogen-bond acceptors (Lipinski definition) is 2. The Labute approximate surface area is 116 Å². The maximum Gasteiger partial charge on any atom is 0.144 e. The van der Waals surface area contributed by atoms with E-state index in [2.05, 4.69) is 11.9 Å². The van der Waals surface area contributed by atoms with Gasteiger partial charge in [0, 0.05) is 12.2 Å². The van der Waals surface area contributed by atoms with Crippen molar-refractivity contribution in [3.8, 4) is 11.4 Å². The van der Waals surface area contributed by atoms with E-state index in [1.807, 2.05) is 28.8 Å². The maximum atomic E-state index is 14.1. The molecule has 0 bridgehead atoms. The van der Waals surface area contributed by atoms with Gasteiger partial charge in [-0.15, -0.1) is 0 Å². The molecule has 0 fully saturated rings. The van der Waals surface area contributed by atoms with Crippen LogP contribution in [0.15, 0.2) is 42.5 Å². The van der Waals surface area contributed by atoms with Crippen molar-refractivity contribution in [2.75, 3.05) is 5.73 Å². The summed E-state index contributed by atoms with van der Waals surface area (Å²) in [7, 11) is 0. The Morgan fingerprint density at radius 2 is 2.00 bits per heavy atom. The van der Waals surface area contributed by atoms with Crippen molar-refractivity contribution in [1.29, 1.82) is 0 Å². The Morgan fingerprint density at radius 3 is 2.80 bits per heavy atom. The molecule has 20 heavy (non-hydrogen) atoms. The molecule has 0 saturated carbocycles. The van der Waals surface area contributed by atoms with E-state index in [-0.39, 0.29) is 5.82 Å². The number of benzene rings is 2. The molecule has 4 heteroatoms. The van der Waals surface area contributed by atoms with Crippen molar-refractivity contribution in [1.82, 2.24) is 9.55 Å². The highest BCUT2D eigenvalue weighted by Gasteiger charge is 2.15. The second kappa shape index (κ2) is 4.96. The van der Waals surface area contributed by atoms with Gasteiger partial charge < -0.3 is 10.3 Å². The van der Waals surface area contributed by atoms with Crippen molar-refractivity contribution >= 4 is 16.7 Å². The summed E-state index contributed by atoms with van der Waals surface area (Å²) in [6.45, 7) is 2.89. The van der Waals surface area contributed by atoms with E-state index >= 15 is 0 Å². The van der Waals surface area contributed by atoms with Crippen LogP contribution in [-0.4, -0.2) is 9.55 Å². The number of nitrogens with zero attached hydrogens (tertiary/aromatic N) is 2. The Morgan fingerprint density at radius 1 is 1.20 bits per heavy atom. The van der Waals surface area contributed by atoms with E-state index in [1.165, 1.54) is 6.07 Å². The molecular weight excluding hydrogens is 253 g/mol. The first-order valence-corrected chi connectivity index (χ1v) is 6.71. The van der Waals surface area contributed by atoms with Gasteiger partial charge in [0.2, 0.25) is 0 Å². The highest BCUT2D eigenvalue weighted by atomic mass is 19.1. The van der Waals surface area contributed by atoms with Gasteiger partial charge in [-0.25, -0.2) is 9.37 Å². The molecule has 102 valence electrons. The topological polar surface area (TPSA) is 43.8 Å². The van der Waals surface area contributed by atoms with Crippen molar-refractivity contribution in [3.63, 3.8) is 0 Å². The summed E-state index contributed by atoms with van der Waals surface area (Å²) in [5.74, 6) is 0.338. The van der Waals surface area contributed by atoms with Crippen LogP contribution in [0.25, 0.3) is 22.4 Å². The molecule has 3 nitrogen and oxygen atoms in total. The molecule has 0 atom stereocenters. The fourth-order valence-electron chi connectivity index (χ4n) is 2.45. The number of rotatable bonds is 3. The van der Waals surface area contributed by atoms with Crippen molar-refractivity contribution in [3.05, 3.63) is 48.3 Å². The molecule has 1 aromatic heterocycles. The van der Waals surface area contributed by atoms with Crippen LogP contribution >= 0.6 is 0 Å². The van der Waals surface area contributed by atoms with E-state index < -0.39 is 0 Å². The molecule has 1 heterocycles. The lowest BCUT2D eigenvalue weighted by Gasteiger charge is -2.09. The van der Waals surface area contributed by atoms with Gasteiger partial charge in [-0.05, 0) is 36.8 Å². The zero-order valence-corrected chi connectivity index (χ0v) is 11.3. The fraction of sp³-hybridized carbons (Fsp3) is 0.188. The molecular formula is C16H16FN3. The second-order valence-corrected chi connectivity index (χ2v) is 4.82. The van der Waals surface area contributed by atoms with E-state index in [0.29, 0.717) is 17.1 Å². The van der Waals surface area contributed by atoms with Crippen LogP contribution in [0.3, 0.4) is 0 Å². The zero-order chi connectivity index (χ0) is 14.1. The Hall–Kier alpha value is -2.36. The molecule has 0 aliphatic heterocycles. The summed E-state index contributed by atoms with van der Waals surface area (Å²) in [6.07, 6.45) is 0.956. The smallest absolute Gasteiger partial charge is 0.144 e. The molecule has 0 saturated heterocycles. The fourth-order valence-corrected chi connectivity index (χ4v) is 2.45. The van der Waals surface area contributed by atoms with Crippen LogP contribution in [0.1, 0.15) is 13.3 Å². The number of imidazole rings is 1. The maximum absolute atomic E-state index is 14.1. The van der Waals surface area contributed by atoms with Crippen LogP contribution < -0.4 is 5.73 Å². The normalized spacial score (nSPS) is 11.1. The lowest BCUT2D eigenvalue weighted by Crippen LogP contribution is -2.01. The first-order valence-electron chi connectivity index (χ1n) is 6.71. The minimum atomic E-state index is -0.299. The van der Waals surface area contributed by atoms with Crippen LogP contribution in [0.5, 0.6) is 0 Å². The number of halogens is 1. The van der Waals surface area contributed by atoms with Gasteiger partial charge in [-0.1, -0.05) is 19.1 Å². The Balaban J connectivity index is 2.29. The van der Waals surface area contributed by atoms with Crippen LogP contribution in [0.2, 0.25) is 0 Å². The molecule has 0 aliphatic carbocycles. The second-order valence-electron chi connectivity index (χ2n) is 4.82. The van der Waals surface area contributed by atoms with Crippen molar-refractivity contribution in [2.45, 2.75) is 19.9 Å². The van der Waals surface area contributed by atoms with Crippen LogP contribution in [0.4, 0.5) is 10.1 Å². The average molecular weight is 269 g/mol. The molecule has 3 rings (SSSR count). The molecule has 0 unspecified atom stereocenters. The first kappa shape index (κ1) is 12.7. The Kier molecular flexibility index (Phi) is 3.14. The summed E-state index contributed by atoms with van der Waals surface area (Å²) in [5, 5.41) is 0. The molecule has 0 radical (unpaired) electrons. The largest absolute Gasteiger partial charge is 0.399 e. The standard InChI is InChI=1S/C16H16FN3/c1-2-9-20-15-6-4-3-5-14(15)19-16(20)12-10-11(18)7-8-13(12)17/h3-8,10H,2,9,18H2,1H3. The first-order chi connectivity index (χ1) is 9.70. The number of hydrogen-bond donors (Lipinski definition) is 1. The molecule has 3 aromatic rings. The van der Waals surface area contributed by atoms with E-state index in [9.17, 15) is 4.39 Å². The van der Waals surface area contributed by atoms with Crippen LogP contribution in [-0.2, 0) is 6.54 Å². The molecule has 0 aliphatic rings.